The lowest BCUT2D eigenvalue weighted by Gasteiger charge is -2.55. The number of hydrogen-bond donors (Lipinski definition) is 3. The van der Waals surface area contributed by atoms with Crippen LogP contribution in [0.25, 0.3) is 0 Å². The van der Waals surface area contributed by atoms with Crippen LogP contribution < -0.4 is 0 Å². The first-order chi connectivity index (χ1) is 15.6. The van der Waals surface area contributed by atoms with Gasteiger partial charge in [0.05, 0.1) is 17.9 Å². The van der Waals surface area contributed by atoms with Gasteiger partial charge in [-0.15, -0.1) is 0 Å². The number of aliphatic hydroxyl groups is 3. The Kier molecular flexibility index (Phi) is 8.38. The molecule has 1 aromatic carbocycles. The van der Waals surface area contributed by atoms with Crippen LogP contribution in [0.15, 0.2) is 35.2 Å². The van der Waals surface area contributed by atoms with E-state index in [1.54, 1.807) is 18.2 Å². The van der Waals surface area contributed by atoms with Crippen LogP contribution in [-0.2, 0) is 23.4 Å². The van der Waals surface area contributed by atoms with E-state index in [0.717, 1.165) is 0 Å². The van der Waals surface area contributed by atoms with Crippen LogP contribution in [0.5, 0.6) is 0 Å². The Morgan fingerprint density at radius 1 is 0.971 bits per heavy atom. The van der Waals surface area contributed by atoms with Gasteiger partial charge in [0.1, 0.15) is 12.2 Å². The lowest BCUT2D eigenvalue weighted by atomic mass is 9.98. The van der Waals surface area contributed by atoms with Crippen molar-refractivity contribution in [3.05, 3.63) is 30.3 Å². The summed E-state index contributed by atoms with van der Waals surface area (Å²) in [6.45, 7) is 18.6. The van der Waals surface area contributed by atoms with Gasteiger partial charge in [0.15, 0.2) is 22.4 Å². The van der Waals surface area contributed by atoms with E-state index in [0.29, 0.717) is 0 Å². The van der Waals surface area contributed by atoms with Crippen molar-refractivity contribution in [2.24, 2.45) is 0 Å². The molecule has 1 saturated heterocycles. The molecule has 202 valence electrons. The number of ether oxygens (including phenoxy) is 1. The van der Waals surface area contributed by atoms with Crippen LogP contribution in [0.3, 0.4) is 0 Å². The molecule has 0 aromatic heterocycles. The molecule has 2 rings (SSSR count). The van der Waals surface area contributed by atoms with E-state index < -0.39 is 67.7 Å². The first-order valence-corrected chi connectivity index (χ1v) is 19.2. The molecule has 11 heteroatoms. The molecule has 1 aliphatic heterocycles. The van der Waals surface area contributed by atoms with E-state index in [1.807, 2.05) is 67.7 Å². The minimum Gasteiger partial charge on any atom is -0.394 e. The van der Waals surface area contributed by atoms with E-state index in [1.165, 1.54) is 12.1 Å². The maximum atomic E-state index is 14.2. The molecule has 0 unspecified atom stereocenters. The third kappa shape index (κ3) is 5.78. The quantitative estimate of drug-likeness (QED) is 0.345. The van der Waals surface area contributed by atoms with Crippen LogP contribution in [0.2, 0.25) is 36.3 Å². The monoisotopic (exact) mass is 548 g/mol. The van der Waals surface area contributed by atoms with Crippen LogP contribution in [0.1, 0.15) is 48.0 Å². The Balaban J connectivity index is 2.79. The predicted molar refractivity (Wildman–Crippen MR) is 140 cm³/mol. The molecule has 4 atom stereocenters. The molecule has 0 spiro atoms. The average molecular weight is 549 g/mol. The van der Waals surface area contributed by atoms with Gasteiger partial charge in [-0.3, -0.25) is 0 Å². The highest BCUT2D eigenvalue weighted by molar-refractivity contribution is 7.92. The Morgan fingerprint density at radius 2 is 1.43 bits per heavy atom. The van der Waals surface area contributed by atoms with E-state index in [2.05, 4.69) is 0 Å². The summed E-state index contributed by atoms with van der Waals surface area (Å²) in [7, 11) is -9.99. The van der Waals surface area contributed by atoms with E-state index >= 15 is 0 Å². The van der Waals surface area contributed by atoms with Gasteiger partial charge in [0, 0.05) is 0 Å². The van der Waals surface area contributed by atoms with Gasteiger partial charge in [-0.1, -0.05) is 59.7 Å². The normalized spacial score (nSPS) is 29.3. The third-order valence-electron chi connectivity index (χ3n) is 7.71. The van der Waals surface area contributed by atoms with E-state index in [-0.39, 0.29) is 9.93 Å². The van der Waals surface area contributed by atoms with Gasteiger partial charge in [0.25, 0.3) is 5.12 Å². The summed E-state index contributed by atoms with van der Waals surface area (Å²) in [5, 5.41) is 29.9. The molecule has 1 heterocycles. The number of hydrogen-bond acceptors (Lipinski definition) is 8. The summed E-state index contributed by atoms with van der Waals surface area (Å²) in [6, 6.07) is 7.74. The lowest BCUT2D eigenvalue weighted by Crippen LogP contribution is -2.70. The Hall–Kier alpha value is -0.636. The second-order valence-corrected chi connectivity index (χ2v) is 24.1. The van der Waals surface area contributed by atoms with E-state index in [9.17, 15) is 23.7 Å². The highest BCUT2D eigenvalue weighted by Crippen LogP contribution is 2.50. The van der Waals surface area contributed by atoms with Crippen LogP contribution in [-0.4, -0.2) is 70.1 Å². The molecular weight excluding hydrogens is 504 g/mol. The van der Waals surface area contributed by atoms with Gasteiger partial charge < -0.3 is 28.9 Å². The second kappa shape index (κ2) is 9.59. The average Bonchev–Trinajstić information content (AvgIpc) is 2.68. The Bertz CT molecular complexity index is 985. The molecule has 0 radical (unpaired) electrons. The fraction of sp³-hybridized carbons (Fsp3) is 0.750. The zero-order valence-corrected chi connectivity index (χ0v) is 25.6. The largest absolute Gasteiger partial charge is 0.394 e. The number of rotatable bonds is 7. The smallest absolute Gasteiger partial charge is 0.275 e. The van der Waals surface area contributed by atoms with Gasteiger partial charge >= 0.3 is 0 Å². The zero-order chi connectivity index (χ0) is 27.3. The van der Waals surface area contributed by atoms with E-state index in [4.69, 9.17) is 13.6 Å². The Morgan fingerprint density at radius 3 is 1.86 bits per heavy atom. The van der Waals surface area contributed by atoms with Crippen molar-refractivity contribution in [3.63, 3.8) is 0 Å². The van der Waals surface area contributed by atoms with Gasteiger partial charge in [0.2, 0.25) is 9.84 Å². The summed E-state index contributed by atoms with van der Waals surface area (Å²) in [4.78, 5) is -0.0542. The van der Waals surface area contributed by atoms with Crippen molar-refractivity contribution >= 4 is 26.5 Å². The van der Waals surface area contributed by atoms with Gasteiger partial charge in [-0.05, 0) is 48.4 Å². The fourth-order valence-electron chi connectivity index (χ4n) is 3.46. The summed E-state index contributed by atoms with van der Waals surface area (Å²) in [5.74, 6) is -2.33. The van der Waals surface area contributed by atoms with Crippen molar-refractivity contribution in [2.45, 2.75) is 112 Å². The molecule has 3 N–H and O–H groups in total. The minimum absolute atomic E-state index is 0.0542. The highest BCUT2D eigenvalue weighted by Gasteiger charge is 2.66. The summed E-state index contributed by atoms with van der Waals surface area (Å²) < 4.78 is 47.1. The molecule has 1 aliphatic rings. The first kappa shape index (κ1) is 30.6. The topological polar surface area (TPSA) is 123 Å². The molecule has 0 aliphatic carbocycles. The maximum absolute atomic E-state index is 14.2. The molecule has 1 fully saturated rings. The first-order valence-electron chi connectivity index (χ1n) is 11.9. The SMILES string of the molecule is CC(C)(C)[Si](C)(C)O[C@]1(S(=O)(=O)c2ccccc2)C[C@@](O)(O[Si](C)(C)C(C)(C)C)[C@@H](O)[C@H](CO)O1. The fourth-order valence-corrected chi connectivity index (χ4v) is 8.64. The predicted octanol–water partition coefficient (Wildman–Crippen LogP) is 3.99. The highest BCUT2D eigenvalue weighted by atomic mass is 32.2. The molecule has 0 amide bonds. The number of aliphatic hydroxyl groups excluding tert-OH is 2. The summed E-state index contributed by atoms with van der Waals surface area (Å²) in [6.07, 6.45) is -3.82. The molecule has 0 saturated carbocycles. The summed E-state index contributed by atoms with van der Waals surface area (Å²) >= 11 is 0. The molecule has 8 nitrogen and oxygen atoms in total. The number of benzene rings is 1. The van der Waals surface area contributed by atoms with Crippen molar-refractivity contribution in [3.8, 4) is 0 Å². The van der Waals surface area contributed by atoms with Gasteiger partial charge in [-0.2, -0.15) is 0 Å². The van der Waals surface area contributed by atoms with Crippen molar-refractivity contribution < 1.29 is 37.3 Å². The molecule has 0 bridgehead atoms. The zero-order valence-electron chi connectivity index (χ0n) is 22.7. The molecular formula is C24H44O8SSi2. The van der Waals surface area contributed by atoms with Crippen LogP contribution >= 0.6 is 0 Å². The van der Waals surface area contributed by atoms with Crippen molar-refractivity contribution in [2.75, 3.05) is 6.61 Å². The Labute approximate surface area is 212 Å². The minimum atomic E-state index is -4.40. The molecule has 1 aromatic rings. The summed E-state index contributed by atoms with van der Waals surface area (Å²) in [5.41, 5.74) is 0. The lowest BCUT2D eigenvalue weighted by molar-refractivity contribution is -0.339. The van der Waals surface area contributed by atoms with Crippen LogP contribution in [0, 0.1) is 0 Å². The molecule has 35 heavy (non-hydrogen) atoms. The third-order valence-corrected chi connectivity index (χ3v) is 18.8. The standard InChI is InChI=1S/C24H44O8SSi2/c1-21(2,3)34(7,8)31-23(27)17-24(30-19(16-25)20(23)26,32-35(9,10)22(4,5)6)33(28,29)18-14-12-11-13-15-18/h11-15,19-20,25-27H,16-17H2,1-10H3/t19-,20-,23+,24-/m0/s1. The van der Waals surface area contributed by atoms with Crippen molar-refractivity contribution in [1.82, 2.24) is 0 Å². The maximum Gasteiger partial charge on any atom is 0.275 e. The second-order valence-electron chi connectivity index (χ2n) is 12.5. The van der Waals surface area contributed by atoms with Crippen molar-refractivity contribution in [1.29, 1.82) is 0 Å². The number of sulfone groups is 1. The van der Waals surface area contributed by atoms with Crippen LogP contribution in [0.4, 0.5) is 0 Å². The van der Waals surface area contributed by atoms with Gasteiger partial charge in [-0.25, -0.2) is 8.42 Å².